The number of aromatic nitrogens is 2. The Bertz CT molecular complexity index is 620. The van der Waals surface area contributed by atoms with Crippen molar-refractivity contribution in [3.8, 4) is 16.7 Å². The van der Waals surface area contributed by atoms with Gasteiger partial charge < -0.3 is 0 Å². The molecule has 0 unspecified atom stereocenters. The second-order valence-corrected chi connectivity index (χ2v) is 5.84. The average Bonchev–Trinajstić information content (AvgIpc) is 2.87. The van der Waals surface area contributed by atoms with Crippen molar-refractivity contribution >= 4 is 40.9 Å². The molecule has 0 radical (unpaired) electrons. The Morgan fingerprint density at radius 1 is 1.37 bits per heavy atom. The molecular weight excluding hydrogens is 304 g/mol. The number of nitro groups is 1. The lowest BCUT2D eigenvalue weighted by Crippen LogP contribution is -1.88. The highest BCUT2D eigenvalue weighted by atomic mass is 32.2. The predicted molar refractivity (Wildman–Crippen MR) is 75.9 cm³/mol. The van der Waals surface area contributed by atoms with E-state index in [9.17, 15) is 10.1 Å². The summed E-state index contributed by atoms with van der Waals surface area (Å²) >= 11 is 3.64. The fraction of sp³-hybridized carbons (Fsp3) is 0.100. The largest absolute Gasteiger partial charge is 0.269 e. The molecule has 0 bridgehead atoms. The van der Waals surface area contributed by atoms with Gasteiger partial charge in [-0.25, -0.2) is 0 Å². The third-order valence-corrected chi connectivity index (χ3v) is 4.40. The van der Waals surface area contributed by atoms with Gasteiger partial charge in [-0.1, -0.05) is 11.8 Å². The van der Waals surface area contributed by atoms with Gasteiger partial charge in [0, 0.05) is 17.7 Å². The first-order valence-electron chi connectivity index (χ1n) is 4.93. The van der Waals surface area contributed by atoms with Crippen molar-refractivity contribution in [2.24, 2.45) is 0 Å². The van der Waals surface area contributed by atoms with Crippen molar-refractivity contribution in [1.82, 2.24) is 8.75 Å². The summed E-state index contributed by atoms with van der Waals surface area (Å²) in [6, 6.07) is 6.17. The second kappa shape index (κ2) is 6.51. The molecule has 96 valence electrons. The third kappa shape index (κ3) is 3.44. The van der Waals surface area contributed by atoms with Crippen LogP contribution in [0.1, 0.15) is 0 Å². The van der Waals surface area contributed by atoms with Crippen molar-refractivity contribution < 1.29 is 4.92 Å². The molecule has 1 heterocycles. The van der Waals surface area contributed by atoms with Crippen molar-refractivity contribution in [2.75, 3.05) is 5.08 Å². The molecule has 1 aromatic heterocycles. The maximum Gasteiger partial charge on any atom is 0.269 e. The Morgan fingerprint density at radius 2 is 2.11 bits per heavy atom. The Kier molecular flexibility index (Phi) is 4.73. The number of hydrogen-bond donors (Lipinski definition) is 0. The van der Waals surface area contributed by atoms with Crippen LogP contribution in [0.5, 0.6) is 0 Å². The van der Waals surface area contributed by atoms with Gasteiger partial charge in [-0.2, -0.15) is 14.0 Å². The van der Waals surface area contributed by atoms with Crippen LogP contribution in [0.25, 0.3) is 11.3 Å². The van der Waals surface area contributed by atoms with Gasteiger partial charge in [0.25, 0.3) is 5.69 Å². The molecule has 2 rings (SSSR count). The van der Waals surface area contributed by atoms with Crippen LogP contribution in [0.3, 0.4) is 0 Å². The summed E-state index contributed by atoms with van der Waals surface area (Å²) in [5.74, 6) is 0. The third-order valence-electron chi connectivity index (χ3n) is 2.13. The molecule has 0 saturated heterocycles. The summed E-state index contributed by atoms with van der Waals surface area (Å²) < 4.78 is 8.35. The van der Waals surface area contributed by atoms with Gasteiger partial charge in [-0.05, 0) is 23.9 Å². The van der Waals surface area contributed by atoms with Crippen LogP contribution in [-0.4, -0.2) is 18.8 Å². The molecule has 0 aliphatic rings. The van der Waals surface area contributed by atoms with E-state index in [0.29, 0.717) is 10.8 Å². The average molecular weight is 310 g/mol. The van der Waals surface area contributed by atoms with Crippen molar-refractivity contribution in [1.29, 1.82) is 5.26 Å². The fourth-order valence-electron chi connectivity index (χ4n) is 1.30. The minimum atomic E-state index is -0.442. The number of non-ortho nitro benzene ring substituents is 1. The predicted octanol–water partition coefficient (Wildman–Crippen LogP) is 3.38. The number of rotatable bonds is 5. The zero-order valence-corrected chi connectivity index (χ0v) is 11.8. The Balaban J connectivity index is 2.20. The van der Waals surface area contributed by atoms with E-state index in [0.717, 1.165) is 34.1 Å². The van der Waals surface area contributed by atoms with Gasteiger partial charge in [-0.15, -0.1) is 0 Å². The van der Waals surface area contributed by atoms with E-state index in [4.69, 9.17) is 5.26 Å². The summed E-state index contributed by atoms with van der Waals surface area (Å²) in [5.41, 5.74) is 1.52. The van der Waals surface area contributed by atoms with Crippen LogP contribution in [0, 0.1) is 20.8 Å². The van der Waals surface area contributed by atoms with Crippen LogP contribution >= 0.6 is 35.3 Å². The Hall–Kier alpha value is -1.63. The lowest BCUT2D eigenvalue weighted by molar-refractivity contribution is -0.384. The van der Waals surface area contributed by atoms with Gasteiger partial charge in [0.15, 0.2) is 0 Å². The van der Waals surface area contributed by atoms with Crippen LogP contribution in [-0.2, 0) is 0 Å². The van der Waals surface area contributed by atoms with Crippen molar-refractivity contribution in [3.63, 3.8) is 0 Å². The zero-order chi connectivity index (χ0) is 13.7. The standard InChI is InChI=1S/C10H6N4O2S3/c11-5-17-6-18-10-9(12-19-13-10)7-1-3-8(4-2-7)14(15)16/h1-4H,6H2. The maximum absolute atomic E-state index is 10.6. The zero-order valence-electron chi connectivity index (χ0n) is 9.35. The SMILES string of the molecule is N#CSCSc1nsnc1-c1ccc([N+](=O)[O-])cc1. The van der Waals surface area contributed by atoms with Crippen molar-refractivity contribution in [2.45, 2.75) is 5.03 Å². The Labute approximate surface area is 121 Å². The summed E-state index contributed by atoms with van der Waals surface area (Å²) in [6.45, 7) is 0. The molecule has 0 fully saturated rings. The molecule has 0 aliphatic heterocycles. The molecule has 0 spiro atoms. The molecule has 0 N–H and O–H groups in total. The second-order valence-electron chi connectivity index (χ2n) is 3.22. The molecule has 0 aliphatic carbocycles. The molecule has 0 saturated carbocycles. The monoisotopic (exact) mass is 310 g/mol. The minimum Gasteiger partial charge on any atom is -0.258 e. The Morgan fingerprint density at radius 3 is 2.74 bits per heavy atom. The number of nitro benzene ring substituents is 1. The molecular formula is C10H6N4O2S3. The van der Waals surface area contributed by atoms with E-state index >= 15 is 0 Å². The highest BCUT2D eigenvalue weighted by molar-refractivity contribution is 8.18. The number of hydrogen-bond acceptors (Lipinski definition) is 8. The molecule has 19 heavy (non-hydrogen) atoms. The topological polar surface area (TPSA) is 92.7 Å². The number of benzene rings is 1. The van der Waals surface area contributed by atoms with E-state index in [1.54, 1.807) is 12.1 Å². The van der Waals surface area contributed by atoms with Crippen LogP contribution < -0.4 is 0 Å². The van der Waals surface area contributed by atoms with Gasteiger partial charge in [0.1, 0.15) is 16.1 Å². The first kappa shape index (κ1) is 13.8. The number of nitriles is 1. The molecule has 0 amide bonds. The van der Waals surface area contributed by atoms with E-state index in [1.807, 2.05) is 5.40 Å². The number of thioether (sulfide) groups is 2. The molecule has 9 heteroatoms. The lowest BCUT2D eigenvalue weighted by atomic mass is 10.1. The van der Waals surface area contributed by atoms with Gasteiger partial charge in [0.05, 0.1) is 21.7 Å². The molecule has 2 aromatic rings. The van der Waals surface area contributed by atoms with Gasteiger partial charge in [-0.3, -0.25) is 10.1 Å². The summed E-state index contributed by atoms with van der Waals surface area (Å²) in [5, 5.41) is 22.3. The quantitative estimate of drug-likeness (QED) is 0.209. The first-order valence-corrected chi connectivity index (χ1v) is 7.63. The lowest BCUT2D eigenvalue weighted by Gasteiger charge is -1.99. The fourth-order valence-corrected chi connectivity index (χ4v) is 3.34. The normalized spacial score (nSPS) is 10.1. The molecule has 6 nitrogen and oxygen atoms in total. The molecule has 0 atom stereocenters. The minimum absolute atomic E-state index is 0.0428. The first-order chi connectivity index (χ1) is 9.22. The van der Waals surface area contributed by atoms with Gasteiger partial charge in [0.2, 0.25) is 0 Å². The highest BCUT2D eigenvalue weighted by Gasteiger charge is 2.12. The van der Waals surface area contributed by atoms with Crippen LogP contribution in [0.15, 0.2) is 29.3 Å². The maximum atomic E-state index is 10.6. The summed E-state index contributed by atoms with van der Waals surface area (Å²) in [4.78, 5) is 10.1. The van der Waals surface area contributed by atoms with E-state index in [-0.39, 0.29) is 5.69 Å². The molecule has 1 aromatic carbocycles. The number of thiocyanates is 1. The van der Waals surface area contributed by atoms with E-state index in [1.165, 1.54) is 23.9 Å². The van der Waals surface area contributed by atoms with Crippen molar-refractivity contribution in [3.05, 3.63) is 34.4 Å². The number of nitrogens with zero attached hydrogens (tertiary/aromatic N) is 4. The van der Waals surface area contributed by atoms with E-state index in [2.05, 4.69) is 8.75 Å². The van der Waals surface area contributed by atoms with Gasteiger partial charge >= 0.3 is 0 Å². The summed E-state index contributed by atoms with van der Waals surface area (Å²) in [6.07, 6.45) is 0. The highest BCUT2D eigenvalue weighted by Crippen LogP contribution is 2.32. The van der Waals surface area contributed by atoms with E-state index < -0.39 is 4.92 Å². The van der Waals surface area contributed by atoms with Crippen LogP contribution in [0.4, 0.5) is 5.69 Å². The smallest absolute Gasteiger partial charge is 0.258 e. The summed E-state index contributed by atoms with van der Waals surface area (Å²) in [7, 11) is 0. The van der Waals surface area contributed by atoms with Crippen LogP contribution in [0.2, 0.25) is 0 Å².